The summed E-state index contributed by atoms with van der Waals surface area (Å²) in [6.07, 6.45) is 0. The maximum absolute atomic E-state index is 14.7. The molecule has 0 aliphatic carbocycles. The molecule has 0 N–H and O–H groups in total. The summed E-state index contributed by atoms with van der Waals surface area (Å²) in [6, 6.07) is 51.8. The van der Waals surface area contributed by atoms with Crippen LogP contribution in [-0.2, 0) is 0 Å². The molecule has 0 atom stereocenters. The van der Waals surface area contributed by atoms with Gasteiger partial charge in [0, 0.05) is 59.2 Å². The van der Waals surface area contributed by atoms with E-state index < -0.39 is 0 Å². The van der Waals surface area contributed by atoms with Gasteiger partial charge in [0.25, 0.3) is 0 Å². The molecule has 0 aliphatic heterocycles. The fourth-order valence-corrected chi connectivity index (χ4v) is 11.1. The zero-order valence-electron chi connectivity index (χ0n) is 31.6. The van der Waals surface area contributed by atoms with Crippen LogP contribution in [0.15, 0.2) is 177 Å². The van der Waals surface area contributed by atoms with Crippen molar-refractivity contribution in [2.24, 2.45) is 0 Å². The van der Waals surface area contributed by atoms with Gasteiger partial charge >= 0.3 is 0 Å². The van der Waals surface area contributed by atoms with E-state index in [1.165, 1.54) is 0 Å². The molecule has 0 saturated heterocycles. The second kappa shape index (κ2) is 10.9. The third-order valence-electron chi connectivity index (χ3n) is 13.6. The molecular weight excluding hydrogens is 737 g/mol. The van der Waals surface area contributed by atoms with E-state index in [1.807, 2.05) is 115 Å². The number of rotatable bonds is 1. The molecule has 0 radical (unpaired) electrons. The van der Waals surface area contributed by atoms with Gasteiger partial charge in [-0.25, -0.2) is 0 Å². The molecule has 0 saturated carbocycles. The van der Waals surface area contributed by atoms with E-state index >= 15 is 0 Å². The van der Waals surface area contributed by atoms with E-state index in [2.05, 4.69) is 42.5 Å². The molecule has 0 spiro atoms. The topological polar surface area (TPSA) is 68.3 Å². The van der Waals surface area contributed by atoms with Gasteiger partial charge < -0.3 is 0 Å². The minimum absolute atomic E-state index is 0.00594. The second-order valence-corrected chi connectivity index (χ2v) is 16.4. The first-order valence-corrected chi connectivity index (χ1v) is 20.2. The Hall–Kier alpha value is -8.08. The van der Waals surface area contributed by atoms with Crippen LogP contribution < -0.4 is 21.7 Å². The van der Waals surface area contributed by atoms with E-state index in [1.54, 1.807) is 0 Å². The molecule has 14 rings (SSSR count). The van der Waals surface area contributed by atoms with Gasteiger partial charge in [-0.1, -0.05) is 127 Å². The quantitative estimate of drug-likeness (QED) is 0.156. The van der Waals surface area contributed by atoms with E-state index in [-0.39, 0.29) is 21.7 Å². The smallest absolute Gasteiger partial charge is 0.194 e. The maximum Gasteiger partial charge on any atom is 0.194 e. The number of fused-ring (bicyclic) bond motifs is 22. The van der Waals surface area contributed by atoms with Gasteiger partial charge in [-0.15, -0.1) is 0 Å². The SMILES string of the molecule is O=c1c2ccccc2c2cc3c(-c4ccc5c(c4)c(=O)c4ccc6c7c(=O)c8ccccc8c7c7ccccc7c6c45)cc4ccc5c6ccccc6c(=O)c5c4c3cc12. The van der Waals surface area contributed by atoms with Crippen molar-refractivity contribution in [3.63, 3.8) is 0 Å². The van der Waals surface area contributed by atoms with Gasteiger partial charge in [0.15, 0.2) is 21.7 Å². The zero-order chi connectivity index (χ0) is 39.7. The van der Waals surface area contributed by atoms with Crippen molar-refractivity contribution in [1.82, 2.24) is 0 Å². The standard InChI is InChI=1S/C56H26O4/c57-53-36-14-6-2-10-30(36)42-25-43-41(24-28-18-20-34-29-9-1-7-15-37(29)55(59)51(34)47(28)44(43)26-46(42)53)27-17-19-35-45(23-27)54(58)40-22-21-39-49(50(35)40)32-12-4-3-11-31(32)48-33-13-5-8-16-38(33)56(60)52(39)48/h1-26H. The maximum atomic E-state index is 14.7. The van der Waals surface area contributed by atoms with Crippen LogP contribution in [0.1, 0.15) is 0 Å². The summed E-state index contributed by atoms with van der Waals surface area (Å²) >= 11 is 0. The van der Waals surface area contributed by atoms with E-state index in [0.29, 0.717) is 43.1 Å². The van der Waals surface area contributed by atoms with Crippen molar-refractivity contribution in [3.8, 4) is 11.1 Å². The first-order chi connectivity index (χ1) is 29.5. The molecule has 4 heteroatoms. The predicted molar refractivity (Wildman–Crippen MR) is 252 cm³/mol. The minimum Gasteiger partial charge on any atom is -0.289 e. The van der Waals surface area contributed by atoms with E-state index in [9.17, 15) is 19.2 Å². The minimum atomic E-state index is -0.0605. The Kier molecular flexibility index (Phi) is 5.80. The number of benzene rings is 10. The average molecular weight is 763 g/mol. The monoisotopic (exact) mass is 762 g/mol. The summed E-state index contributed by atoms with van der Waals surface area (Å²) in [4.78, 5) is 57.0. The van der Waals surface area contributed by atoms with Crippen molar-refractivity contribution in [2.45, 2.75) is 0 Å². The molecule has 14 aromatic rings. The summed E-state index contributed by atoms with van der Waals surface area (Å²) < 4.78 is 0. The lowest BCUT2D eigenvalue weighted by atomic mass is 9.89. The Morgan fingerprint density at radius 2 is 0.633 bits per heavy atom. The highest BCUT2D eigenvalue weighted by atomic mass is 16.1. The van der Waals surface area contributed by atoms with Gasteiger partial charge in [0.05, 0.1) is 0 Å². The second-order valence-electron chi connectivity index (χ2n) is 16.4. The molecule has 0 bridgehead atoms. The highest BCUT2D eigenvalue weighted by molar-refractivity contribution is 6.40. The van der Waals surface area contributed by atoms with Crippen LogP contribution in [0.5, 0.6) is 0 Å². The molecular formula is C56H26O4. The van der Waals surface area contributed by atoms with Gasteiger partial charge in [-0.05, 0) is 111 Å². The summed E-state index contributed by atoms with van der Waals surface area (Å²) in [5, 5.41) is 19.6. The molecule has 0 heterocycles. The molecule has 0 unspecified atom stereocenters. The summed E-state index contributed by atoms with van der Waals surface area (Å²) in [5.41, 5.74) is 1.66. The Morgan fingerprint density at radius 3 is 1.33 bits per heavy atom. The fourth-order valence-electron chi connectivity index (χ4n) is 11.1. The molecule has 0 amide bonds. The highest BCUT2D eigenvalue weighted by Crippen LogP contribution is 2.45. The highest BCUT2D eigenvalue weighted by Gasteiger charge is 2.24. The largest absolute Gasteiger partial charge is 0.289 e. The van der Waals surface area contributed by atoms with Crippen LogP contribution in [0.2, 0.25) is 0 Å². The van der Waals surface area contributed by atoms with Crippen LogP contribution in [0.25, 0.3) is 140 Å². The van der Waals surface area contributed by atoms with Crippen molar-refractivity contribution in [2.75, 3.05) is 0 Å². The zero-order valence-corrected chi connectivity index (χ0v) is 31.6. The summed E-state index contributed by atoms with van der Waals surface area (Å²) in [7, 11) is 0. The normalized spacial score (nSPS) is 12.6. The molecule has 0 aliphatic rings. The molecule has 4 nitrogen and oxygen atoms in total. The molecule has 0 aromatic heterocycles. The number of hydrogen-bond acceptors (Lipinski definition) is 4. The lowest BCUT2D eigenvalue weighted by molar-refractivity contribution is 1.73. The first-order valence-electron chi connectivity index (χ1n) is 20.2. The Bertz CT molecular complexity index is 4550. The van der Waals surface area contributed by atoms with Crippen LogP contribution in [0.4, 0.5) is 0 Å². The van der Waals surface area contributed by atoms with Crippen LogP contribution in [0.3, 0.4) is 0 Å². The third kappa shape index (κ3) is 3.73. The lowest BCUT2D eigenvalue weighted by Gasteiger charge is -2.13. The Labute approximate surface area is 337 Å². The fraction of sp³-hybridized carbons (Fsp3) is 0. The Morgan fingerprint density at radius 1 is 0.217 bits per heavy atom. The van der Waals surface area contributed by atoms with Crippen molar-refractivity contribution >= 4 is 129 Å². The average Bonchev–Trinajstić information content (AvgIpc) is 3.97. The predicted octanol–water partition coefficient (Wildman–Crippen LogP) is 12.4. The Balaban J connectivity index is 1.12. The van der Waals surface area contributed by atoms with Gasteiger partial charge in [-0.3, -0.25) is 19.2 Å². The van der Waals surface area contributed by atoms with Crippen molar-refractivity contribution in [1.29, 1.82) is 0 Å². The third-order valence-corrected chi connectivity index (χ3v) is 13.6. The van der Waals surface area contributed by atoms with Crippen molar-refractivity contribution < 1.29 is 0 Å². The molecule has 14 aromatic carbocycles. The lowest BCUT2D eigenvalue weighted by Crippen LogP contribution is -1.97. The van der Waals surface area contributed by atoms with Crippen molar-refractivity contribution in [3.05, 3.63) is 199 Å². The van der Waals surface area contributed by atoms with E-state index in [4.69, 9.17) is 0 Å². The molecule has 60 heavy (non-hydrogen) atoms. The number of hydrogen-bond donors (Lipinski definition) is 0. The molecule has 274 valence electrons. The first kappa shape index (κ1) is 31.9. The van der Waals surface area contributed by atoms with Crippen LogP contribution >= 0.6 is 0 Å². The van der Waals surface area contributed by atoms with E-state index in [0.717, 1.165) is 97.3 Å². The summed E-state index contributed by atoms with van der Waals surface area (Å²) in [5.74, 6) is 0. The van der Waals surface area contributed by atoms with Gasteiger partial charge in [-0.2, -0.15) is 0 Å². The van der Waals surface area contributed by atoms with Gasteiger partial charge in [0.2, 0.25) is 0 Å². The van der Waals surface area contributed by atoms with Gasteiger partial charge in [0.1, 0.15) is 0 Å². The molecule has 0 fully saturated rings. The van der Waals surface area contributed by atoms with Crippen LogP contribution in [-0.4, -0.2) is 0 Å². The van der Waals surface area contributed by atoms with Crippen LogP contribution in [0, 0.1) is 0 Å². The summed E-state index contributed by atoms with van der Waals surface area (Å²) in [6.45, 7) is 0.